The van der Waals surface area contributed by atoms with Crippen molar-refractivity contribution in [3.05, 3.63) is 60.2 Å². The molecule has 2 aromatic carbocycles. The number of fused-ring (bicyclic) bond motifs is 1. The molecular formula is C32H41N3O5S. The fourth-order valence-corrected chi connectivity index (χ4v) is 9.55. The molecule has 3 amide bonds. The van der Waals surface area contributed by atoms with E-state index in [0.29, 0.717) is 18.8 Å². The Morgan fingerprint density at radius 2 is 1.83 bits per heavy atom. The summed E-state index contributed by atoms with van der Waals surface area (Å²) in [5.74, 6) is -1.08. The van der Waals surface area contributed by atoms with Crippen LogP contribution in [0.15, 0.2) is 54.6 Å². The Morgan fingerprint density at radius 1 is 1.12 bits per heavy atom. The first kappa shape index (κ1) is 29.5. The van der Waals surface area contributed by atoms with Gasteiger partial charge in [0.05, 0.1) is 35.8 Å². The predicted octanol–water partition coefficient (Wildman–Crippen LogP) is 4.08. The van der Waals surface area contributed by atoms with Crippen LogP contribution in [0.25, 0.3) is 0 Å². The van der Waals surface area contributed by atoms with Crippen molar-refractivity contribution in [1.82, 2.24) is 10.2 Å². The second-order valence-corrected chi connectivity index (χ2v) is 13.1. The normalized spacial score (nSPS) is 29.6. The number of nitrogens with zero attached hydrogens (tertiary/aromatic N) is 1. The van der Waals surface area contributed by atoms with E-state index in [1.807, 2.05) is 63.2 Å². The molecule has 1 spiro atoms. The molecule has 8 nitrogen and oxygen atoms in total. The van der Waals surface area contributed by atoms with Gasteiger partial charge in [0.25, 0.3) is 0 Å². The number of likely N-dealkylation sites (tertiary alicyclic amines) is 1. The third-order valence-electron chi connectivity index (χ3n) is 9.32. The number of thioether (sulfide) groups is 1. The van der Waals surface area contributed by atoms with Crippen LogP contribution in [0.2, 0.25) is 0 Å². The highest BCUT2D eigenvalue weighted by molar-refractivity contribution is 8.02. The quantitative estimate of drug-likeness (QED) is 0.370. The molecule has 220 valence electrons. The van der Waals surface area contributed by atoms with E-state index in [0.717, 1.165) is 24.2 Å². The molecule has 3 unspecified atom stereocenters. The Hall–Kier alpha value is -3.04. The van der Waals surface area contributed by atoms with Crippen molar-refractivity contribution < 1.29 is 24.2 Å². The molecule has 0 aromatic heterocycles. The number of hydrogen-bond acceptors (Lipinski definition) is 6. The molecule has 0 aliphatic carbocycles. The van der Waals surface area contributed by atoms with Crippen LogP contribution in [0.1, 0.15) is 46.1 Å². The van der Waals surface area contributed by atoms with Gasteiger partial charge >= 0.3 is 0 Å². The van der Waals surface area contributed by atoms with Crippen LogP contribution in [0.3, 0.4) is 0 Å². The fraction of sp³-hybridized carbons (Fsp3) is 0.531. The van der Waals surface area contributed by atoms with Gasteiger partial charge in [-0.05, 0) is 55.0 Å². The van der Waals surface area contributed by atoms with Crippen LogP contribution >= 0.6 is 11.8 Å². The number of anilines is 1. The van der Waals surface area contributed by atoms with E-state index in [4.69, 9.17) is 4.74 Å². The molecular weight excluding hydrogens is 538 g/mol. The Balaban J connectivity index is 1.47. The summed E-state index contributed by atoms with van der Waals surface area (Å²) in [7, 11) is 0. The van der Waals surface area contributed by atoms with E-state index >= 15 is 0 Å². The van der Waals surface area contributed by atoms with Gasteiger partial charge in [-0.25, -0.2) is 0 Å². The van der Waals surface area contributed by atoms with Crippen molar-refractivity contribution in [2.75, 3.05) is 18.5 Å². The minimum atomic E-state index is -0.775. The molecule has 3 saturated heterocycles. The number of carbonyl (C=O) groups excluding carboxylic acids is 3. The van der Waals surface area contributed by atoms with Gasteiger partial charge in [0.2, 0.25) is 17.7 Å². The first-order valence-corrected chi connectivity index (χ1v) is 15.6. The van der Waals surface area contributed by atoms with Crippen LogP contribution < -0.4 is 15.4 Å². The monoisotopic (exact) mass is 579 g/mol. The number of hydrogen-bond donors (Lipinski definition) is 3. The van der Waals surface area contributed by atoms with Crippen LogP contribution in [0.5, 0.6) is 5.75 Å². The van der Waals surface area contributed by atoms with Crippen LogP contribution in [0.4, 0.5) is 5.69 Å². The SMILES string of the molecule is CCOc1ccc(NC(=O)[C@@H]2[C@@H]3CC(C)C4(S3)C(C(=O)NCc3ccccc3)N([C@@H](CO)[C@@H](C)CC)C(=O)[C@H]24)cc1. The molecule has 8 atom stereocenters. The summed E-state index contributed by atoms with van der Waals surface area (Å²) in [5, 5.41) is 16.6. The molecule has 3 aliphatic heterocycles. The van der Waals surface area contributed by atoms with Crippen LogP contribution in [0, 0.1) is 23.7 Å². The first-order valence-electron chi connectivity index (χ1n) is 14.7. The lowest BCUT2D eigenvalue weighted by Gasteiger charge is -2.41. The molecule has 3 N–H and O–H groups in total. The fourth-order valence-electron chi connectivity index (χ4n) is 7.14. The van der Waals surface area contributed by atoms with E-state index in [9.17, 15) is 19.5 Å². The van der Waals surface area contributed by atoms with Gasteiger partial charge in [-0.3, -0.25) is 14.4 Å². The van der Waals surface area contributed by atoms with E-state index in [1.54, 1.807) is 28.8 Å². The average molecular weight is 580 g/mol. The Kier molecular flexibility index (Phi) is 8.66. The van der Waals surface area contributed by atoms with Gasteiger partial charge in [0.15, 0.2) is 0 Å². The number of carbonyl (C=O) groups is 3. The van der Waals surface area contributed by atoms with Gasteiger partial charge < -0.3 is 25.4 Å². The summed E-state index contributed by atoms with van der Waals surface area (Å²) in [5.41, 5.74) is 1.61. The second kappa shape index (κ2) is 12.1. The smallest absolute Gasteiger partial charge is 0.244 e. The number of nitrogens with one attached hydrogen (secondary N) is 2. The molecule has 41 heavy (non-hydrogen) atoms. The number of benzene rings is 2. The maximum Gasteiger partial charge on any atom is 0.244 e. The minimum Gasteiger partial charge on any atom is -0.494 e. The summed E-state index contributed by atoms with van der Waals surface area (Å²) in [6.07, 6.45) is 1.50. The molecule has 3 fully saturated rings. The Bertz CT molecular complexity index is 1260. The topological polar surface area (TPSA) is 108 Å². The van der Waals surface area contributed by atoms with Gasteiger partial charge in [0, 0.05) is 17.5 Å². The molecule has 0 radical (unpaired) electrons. The lowest BCUT2D eigenvalue weighted by Crippen LogP contribution is -2.59. The zero-order valence-electron chi connectivity index (χ0n) is 24.2. The van der Waals surface area contributed by atoms with Crippen molar-refractivity contribution in [2.45, 2.75) is 69.2 Å². The van der Waals surface area contributed by atoms with Crippen molar-refractivity contribution >= 4 is 35.2 Å². The molecule has 2 bridgehead atoms. The first-order chi connectivity index (χ1) is 19.8. The zero-order chi connectivity index (χ0) is 29.3. The summed E-state index contributed by atoms with van der Waals surface area (Å²) >= 11 is 1.64. The van der Waals surface area contributed by atoms with Crippen molar-refractivity contribution in [1.29, 1.82) is 0 Å². The zero-order valence-corrected chi connectivity index (χ0v) is 25.0. The summed E-state index contributed by atoms with van der Waals surface area (Å²) < 4.78 is 4.77. The third-order valence-corrected chi connectivity index (χ3v) is 11.4. The molecule has 5 rings (SSSR count). The number of aliphatic hydroxyl groups excluding tert-OH is 1. The molecule has 0 saturated carbocycles. The van der Waals surface area contributed by atoms with E-state index in [-0.39, 0.29) is 41.4 Å². The summed E-state index contributed by atoms with van der Waals surface area (Å²) in [4.78, 5) is 44.1. The maximum atomic E-state index is 14.4. The van der Waals surface area contributed by atoms with Crippen molar-refractivity contribution in [2.24, 2.45) is 23.7 Å². The van der Waals surface area contributed by atoms with Crippen LogP contribution in [-0.2, 0) is 20.9 Å². The summed E-state index contributed by atoms with van der Waals surface area (Å²) in [6.45, 7) is 8.70. The number of amides is 3. The Labute approximate surface area is 246 Å². The van der Waals surface area contributed by atoms with Crippen LogP contribution in [-0.4, -0.2) is 63.0 Å². The predicted molar refractivity (Wildman–Crippen MR) is 160 cm³/mol. The molecule has 9 heteroatoms. The third kappa shape index (κ3) is 5.12. The van der Waals surface area contributed by atoms with Gasteiger partial charge in [-0.1, -0.05) is 57.5 Å². The van der Waals surface area contributed by atoms with Gasteiger partial charge in [-0.2, -0.15) is 0 Å². The lowest BCUT2D eigenvalue weighted by molar-refractivity contribution is -0.143. The highest BCUT2D eigenvalue weighted by Gasteiger charge is 2.76. The van der Waals surface area contributed by atoms with E-state index < -0.39 is 28.7 Å². The highest BCUT2D eigenvalue weighted by Crippen LogP contribution is 2.69. The van der Waals surface area contributed by atoms with Gasteiger partial charge in [-0.15, -0.1) is 11.8 Å². The minimum absolute atomic E-state index is 0.0164. The van der Waals surface area contributed by atoms with Crippen molar-refractivity contribution in [3.8, 4) is 5.75 Å². The number of rotatable bonds is 11. The highest BCUT2D eigenvalue weighted by atomic mass is 32.2. The lowest BCUT2D eigenvalue weighted by atomic mass is 9.66. The Morgan fingerprint density at radius 3 is 2.46 bits per heavy atom. The number of aliphatic hydroxyl groups is 1. The standard InChI is InChI=1S/C32H41N3O5S/c1-5-19(3)24(18-36)35-28(30(38)33-17-21-10-8-7-9-11-21)32-20(4)16-25(41-32)26(27(32)31(35)39)29(37)34-22-12-14-23(15-13-22)40-6-2/h7-15,19-20,24-28,36H,5-6,16-18H2,1-4H3,(H,33,38)(H,34,37)/t19-,20?,24-,25-,26+,27-,28?,32?/m0/s1. The summed E-state index contributed by atoms with van der Waals surface area (Å²) in [6, 6.07) is 15.6. The molecule has 3 aliphatic rings. The number of ether oxygens (including phenoxy) is 1. The van der Waals surface area contributed by atoms with E-state index in [1.165, 1.54) is 0 Å². The molecule has 2 aromatic rings. The molecule has 3 heterocycles. The second-order valence-electron chi connectivity index (χ2n) is 11.6. The largest absolute Gasteiger partial charge is 0.494 e. The van der Waals surface area contributed by atoms with E-state index in [2.05, 4.69) is 17.6 Å². The van der Waals surface area contributed by atoms with Gasteiger partial charge in [0.1, 0.15) is 11.8 Å². The maximum absolute atomic E-state index is 14.4. The average Bonchev–Trinajstić information content (AvgIpc) is 3.57. The van der Waals surface area contributed by atoms with Crippen molar-refractivity contribution in [3.63, 3.8) is 0 Å².